The number of carbonyl (C=O) groups is 1. The molecule has 0 spiro atoms. The number of nitrogens with one attached hydrogen (secondary N) is 1. The van der Waals surface area contributed by atoms with Crippen LogP contribution in [0.3, 0.4) is 0 Å². The van der Waals surface area contributed by atoms with Crippen molar-refractivity contribution >= 4 is 15.7 Å². The summed E-state index contributed by atoms with van der Waals surface area (Å²) in [4.78, 5) is 13.9. The Labute approximate surface area is 115 Å². The van der Waals surface area contributed by atoms with E-state index in [1.165, 1.54) is 12.8 Å². The fourth-order valence-electron chi connectivity index (χ4n) is 2.90. The largest absolute Gasteiger partial charge is 0.341 e. The minimum atomic E-state index is -2.90. The van der Waals surface area contributed by atoms with Crippen LogP contribution in [0.5, 0.6) is 0 Å². The molecule has 6 heteroatoms. The summed E-state index contributed by atoms with van der Waals surface area (Å²) < 4.78 is 22.7. The molecule has 0 bridgehead atoms. The first-order valence-electron chi connectivity index (χ1n) is 7.17. The molecule has 0 radical (unpaired) electrons. The third kappa shape index (κ3) is 4.18. The summed E-state index contributed by atoms with van der Waals surface area (Å²) in [7, 11) is -2.90. The van der Waals surface area contributed by atoms with Crippen LogP contribution in [-0.4, -0.2) is 56.9 Å². The van der Waals surface area contributed by atoms with Crippen LogP contribution >= 0.6 is 0 Å². The van der Waals surface area contributed by atoms with Crippen molar-refractivity contribution in [2.45, 2.75) is 26.2 Å². The van der Waals surface area contributed by atoms with Crippen molar-refractivity contribution in [3.8, 4) is 0 Å². The maximum absolute atomic E-state index is 12.2. The highest BCUT2D eigenvalue weighted by atomic mass is 32.2. The molecule has 0 aliphatic carbocycles. The molecular formula is C13H24N2O3S. The highest BCUT2D eigenvalue weighted by Gasteiger charge is 2.28. The van der Waals surface area contributed by atoms with Crippen molar-refractivity contribution in [3.63, 3.8) is 0 Å². The Morgan fingerprint density at radius 3 is 2.63 bits per heavy atom. The highest BCUT2D eigenvalue weighted by molar-refractivity contribution is 7.91. The summed E-state index contributed by atoms with van der Waals surface area (Å²) in [5.74, 6) is 1.31. The Balaban J connectivity index is 1.80. The predicted molar refractivity (Wildman–Crippen MR) is 74.6 cm³/mol. The van der Waals surface area contributed by atoms with Gasteiger partial charge in [0.1, 0.15) is 0 Å². The summed E-state index contributed by atoms with van der Waals surface area (Å²) in [6, 6.07) is 0. The van der Waals surface area contributed by atoms with Gasteiger partial charge >= 0.3 is 0 Å². The van der Waals surface area contributed by atoms with Gasteiger partial charge in [-0.25, -0.2) is 8.42 Å². The Morgan fingerprint density at radius 1 is 1.37 bits per heavy atom. The van der Waals surface area contributed by atoms with E-state index in [0.717, 1.165) is 13.1 Å². The molecule has 19 heavy (non-hydrogen) atoms. The molecule has 2 saturated heterocycles. The average molecular weight is 288 g/mol. The van der Waals surface area contributed by atoms with Gasteiger partial charge in [-0.15, -0.1) is 0 Å². The van der Waals surface area contributed by atoms with Crippen molar-refractivity contribution < 1.29 is 13.2 Å². The second kappa shape index (κ2) is 6.22. The first-order valence-corrected chi connectivity index (χ1v) is 8.99. The molecule has 0 aromatic rings. The highest BCUT2D eigenvalue weighted by Crippen LogP contribution is 2.23. The molecule has 2 rings (SSSR count). The fraction of sp³-hybridized carbons (Fsp3) is 0.923. The molecule has 1 amide bonds. The van der Waals surface area contributed by atoms with Crippen molar-refractivity contribution in [2.75, 3.05) is 37.7 Å². The molecule has 5 nitrogen and oxygen atoms in total. The van der Waals surface area contributed by atoms with Crippen LogP contribution in [0.15, 0.2) is 0 Å². The number of hydrogen-bond donors (Lipinski definition) is 1. The molecule has 2 atom stereocenters. The molecule has 2 unspecified atom stereocenters. The van der Waals surface area contributed by atoms with Crippen LogP contribution in [0.25, 0.3) is 0 Å². The number of carbonyl (C=O) groups excluding carboxylic acids is 1. The molecule has 0 saturated carbocycles. The van der Waals surface area contributed by atoms with E-state index in [4.69, 9.17) is 0 Å². The first-order chi connectivity index (χ1) is 8.98. The predicted octanol–water partition coefficient (Wildman–Crippen LogP) is 0.269. The first kappa shape index (κ1) is 14.8. The van der Waals surface area contributed by atoms with E-state index < -0.39 is 9.84 Å². The summed E-state index contributed by atoms with van der Waals surface area (Å²) in [5, 5.41) is 3.38. The number of piperidine rings is 1. The zero-order chi connectivity index (χ0) is 13.9. The summed E-state index contributed by atoms with van der Waals surface area (Å²) >= 11 is 0. The topological polar surface area (TPSA) is 66.5 Å². The Hall–Kier alpha value is -0.620. The van der Waals surface area contributed by atoms with Gasteiger partial charge in [0.15, 0.2) is 9.84 Å². The SMILES string of the molecule is CC(CC(=O)N1CCS(=O)(=O)CC1)C1CCCNC1. The third-order valence-electron chi connectivity index (χ3n) is 4.33. The number of rotatable bonds is 3. The lowest BCUT2D eigenvalue weighted by atomic mass is 9.85. The van der Waals surface area contributed by atoms with Crippen LogP contribution in [0, 0.1) is 11.8 Å². The fourth-order valence-corrected chi connectivity index (χ4v) is 4.10. The quantitative estimate of drug-likeness (QED) is 0.809. The molecule has 2 aliphatic rings. The van der Waals surface area contributed by atoms with Crippen LogP contribution in [0.1, 0.15) is 26.2 Å². The Bertz CT molecular complexity index is 402. The second-order valence-electron chi connectivity index (χ2n) is 5.82. The maximum Gasteiger partial charge on any atom is 0.222 e. The normalized spacial score (nSPS) is 28.9. The van der Waals surface area contributed by atoms with E-state index in [0.29, 0.717) is 31.3 Å². The smallest absolute Gasteiger partial charge is 0.222 e. The monoisotopic (exact) mass is 288 g/mol. The molecule has 0 aromatic heterocycles. The van der Waals surface area contributed by atoms with E-state index in [1.54, 1.807) is 4.90 Å². The minimum Gasteiger partial charge on any atom is -0.341 e. The number of amides is 1. The van der Waals surface area contributed by atoms with Crippen molar-refractivity contribution in [3.05, 3.63) is 0 Å². The minimum absolute atomic E-state index is 0.118. The number of sulfone groups is 1. The van der Waals surface area contributed by atoms with Gasteiger partial charge < -0.3 is 10.2 Å². The van der Waals surface area contributed by atoms with Gasteiger partial charge in [0.2, 0.25) is 5.91 Å². The van der Waals surface area contributed by atoms with Gasteiger partial charge in [0.05, 0.1) is 11.5 Å². The van der Waals surface area contributed by atoms with Crippen molar-refractivity contribution in [2.24, 2.45) is 11.8 Å². The summed E-state index contributed by atoms with van der Waals surface area (Å²) in [6.45, 7) is 4.97. The van der Waals surface area contributed by atoms with E-state index >= 15 is 0 Å². The van der Waals surface area contributed by atoms with E-state index in [9.17, 15) is 13.2 Å². The standard InChI is InChI=1S/C13H24N2O3S/c1-11(12-3-2-4-14-10-12)9-13(16)15-5-7-19(17,18)8-6-15/h11-12,14H,2-10H2,1H3. The van der Waals surface area contributed by atoms with Gasteiger partial charge in [0.25, 0.3) is 0 Å². The van der Waals surface area contributed by atoms with E-state index in [1.807, 2.05) is 0 Å². The van der Waals surface area contributed by atoms with Gasteiger partial charge in [-0.05, 0) is 37.8 Å². The maximum atomic E-state index is 12.2. The Morgan fingerprint density at radius 2 is 2.05 bits per heavy atom. The second-order valence-corrected chi connectivity index (χ2v) is 8.12. The van der Waals surface area contributed by atoms with Gasteiger partial charge in [0, 0.05) is 19.5 Å². The van der Waals surface area contributed by atoms with Crippen LogP contribution in [0.4, 0.5) is 0 Å². The number of hydrogen-bond acceptors (Lipinski definition) is 4. The van der Waals surface area contributed by atoms with Gasteiger partial charge in [-0.1, -0.05) is 6.92 Å². The number of nitrogens with zero attached hydrogens (tertiary/aromatic N) is 1. The summed E-state index contributed by atoms with van der Waals surface area (Å²) in [6.07, 6.45) is 2.92. The van der Waals surface area contributed by atoms with E-state index in [-0.39, 0.29) is 17.4 Å². The van der Waals surface area contributed by atoms with Crippen LogP contribution in [0.2, 0.25) is 0 Å². The van der Waals surface area contributed by atoms with E-state index in [2.05, 4.69) is 12.2 Å². The molecule has 1 N–H and O–H groups in total. The third-order valence-corrected chi connectivity index (χ3v) is 5.94. The van der Waals surface area contributed by atoms with Crippen molar-refractivity contribution in [1.82, 2.24) is 10.2 Å². The van der Waals surface area contributed by atoms with Crippen LogP contribution in [-0.2, 0) is 14.6 Å². The molecule has 0 aromatic carbocycles. The molecule has 2 fully saturated rings. The van der Waals surface area contributed by atoms with Crippen molar-refractivity contribution in [1.29, 1.82) is 0 Å². The molecule has 2 aliphatic heterocycles. The Kier molecular flexibility index (Phi) is 4.84. The van der Waals surface area contributed by atoms with Gasteiger partial charge in [-0.3, -0.25) is 4.79 Å². The molecule has 2 heterocycles. The summed E-state index contributed by atoms with van der Waals surface area (Å²) in [5.41, 5.74) is 0. The van der Waals surface area contributed by atoms with Crippen LogP contribution < -0.4 is 5.32 Å². The lowest BCUT2D eigenvalue weighted by molar-refractivity contribution is -0.132. The van der Waals surface area contributed by atoms with Gasteiger partial charge in [-0.2, -0.15) is 0 Å². The molecule has 110 valence electrons. The molecular weight excluding hydrogens is 264 g/mol. The zero-order valence-electron chi connectivity index (χ0n) is 11.6. The lowest BCUT2D eigenvalue weighted by Crippen LogP contribution is -2.45. The zero-order valence-corrected chi connectivity index (χ0v) is 12.4. The lowest BCUT2D eigenvalue weighted by Gasteiger charge is -2.31. The average Bonchev–Trinajstić information content (AvgIpc) is 2.39.